The topological polar surface area (TPSA) is 74.8 Å². The second kappa shape index (κ2) is 13.3. The molecule has 2 aliphatic heterocycles. The van der Waals surface area contributed by atoms with Crippen molar-refractivity contribution in [2.75, 3.05) is 37.0 Å². The van der Waals surface area contributed by atoms with Crippen LogP contribution in [0.15, 0.2) is 72.8 Å². The van der Waals surface area contributed by atoms with Gasteiger partial charge >= 0.3 is 0 Å². The van der Waals surface area contributed by atoms with Crippen molar-refractivity contribution in [3.63, 3.8) is 0 Å². The van der Waals surface area contributed by atoms with Crippen LogP contribution in [-0.2, 0) is 13.1 Å². The van der Waals surface area contributed by atoms with E-state index in [-0.39, 0.29) is 36.7 Å². The van der Waals surface area contributed by atoms with Gasteiger partial charge in [-0.3, -0.25) is 29.0 Å². The lowest BCUT2D eigenvalue weighted by atomic mass is 9.85. The average molecular weight is 681 g/mol. The fourth-order valence-electron chi connectivity index (χ4n) is 8.05. The third kappa shape index (κ3) is 5.15. The molecule has 0 atom stereocenters. The third-order valence-corrected chi connectivity index (χ3v) is 21.3. The second-order valence-electron chi connectivity index (χ2n) is 12.9. The summed E-state index contributed by atoms with van der Waals surface area (Å²) in [6, 6.07) is 23.2. The molecule has 6 nitrogen and oxygen atoms in total. The molecule has 0 aliphatic carbocycles. The summed E-state index contributed by atoms with van der Waals surface area (Å²) in [7, 11) is -3.86. The van der Waals surface area contributed by atoms with E-state index in [0.717, 1.165) is 58.7 Å². The molecule has 4 amide bonds. The van der Waals surface area contributed by atoms with Crippen LogP contribution in [0.5, 0.6) is 0 Å². The predicted octanol–water partition coefficient (Wildman–Crippen LogP) is 7.84. The number of amides is 4. The van der Waals surface area contributed by atoms with Crippen molar-refractivity contribution < 1.29 is 19.2 Å². The molecule has 0 spiro atoms. The van der Waals surface area contributed by atoms with Gasteiger partial charge in [0.05, 0.1) is 72.3 Å². The largest absolute Gasteiger partial charge is 0.270 e. The minimum atomic E-state index is -1.93. The summed E-state index contributed by atoms with van der Waals surface area (Å²) in [6.07, 6.45) is 5.22. The summed E-state index contributed by atoms with van der Waals surface area (Å²) in [5.74, 6) is -1.36. The summed E-state index contributed by atoms with van der Waals surface area (Å²) in [5, 5.41) is 2.86. The first-order chi connectivity index (χ1) is 23.1. The number of rotatable bonds is 12. The molecule has 2 aliphatic rings. The average Bonchev–Trinajstić information content (AvgIpc) is 3.12. The first-order valence-electron chi connectivity index (χ1n) is 17.4. The molecule has 0 saturated heterocycles. The lowest BCUT2D eigenvalue weighted by Gasteiger charge is -2.37. The number of imide groups is 2. The SMILES string of the molecule is CC[P+](CC)(CC)c1cc2c3c(c([P+](CC)(CC)CC)cc4c3c1C(=O)N(Cc1ccccc1)C4=O)C(=O)N(Cc1ccccc1)C2=O. The van der Waals surface area contributed by atoms with Crippen LogP contribution in [0.3, 0.4) is 0 Å². The Kier molecular flexibility index (Phi) is 9.46. The maximum absolute atomic E-state index is 14.8. The van der Waals surface area contributed by atoms with Crippen molar-refractivity contribution in [1.82, 2.24) is 9.80 Å². The van der Waals surface area contributed by atoms with Gasteiger partial charge in [0.15, 0.2) is 0 Å². The van der Waals surface area contributed by atoms with Crippen LogP contribution in [0.25, 0.3) is 10.8 Å². The van der Waals surface area contributed by atoms with E-state index in [4.69, 9.17) is 0 Å². The first kappa shape index (κ1) is 34.2. The van der Waals surface area contributed by atoms with Gasteiger partial charge in [0.25, 0.3) is 23.6 Å². The molecule has 0 N–H and O–H groups in total. The highest BCUT2D eigenvalue weighted by molar-refractivity contribution is 7.83. The van der Waals surface area contributed by atoms with Gasteiger partial charge in [0.2, 0.25) is 0 Å². The van der Waals surface area contributed by atoms with Crippen LogP contribution in [0.4, 0.5) is 0 Å². The number of benzene rings is 4. The molecule has 8 heteroatoms. The zero-order chi connectivity index (χ0) is 34.4. The summed E-state index contributed by atoms with van der Waals surface area (Å²) < 4.78 is 0. The molecule has 4 aromatic carbocycles. The molecule has 0 unspecified atom stereocenters. The summed E-state index contributed by atoms with van der Waals surface area (Å²) in [5.41, 5.74) is 3.70. The lowest BCUT2D eigenvalue weighted by Crippen LogP contribution is -2.47. The maximum atomic E-state index is 14.8. The molecule has 0 bridgehead atoms. The second-order valence-corrected chi connectivity index (χ2v) is 22.3. The summed E-state index contributed by atoms with van der Waals surface area (Å²) in [4.78, 5) is 61.8. The predicted molar refractivity (Wildman–Crippen MR) is 202 cm³/mol. The molecule has 48 heavy (non-hydrogen) atoms. The minimum absolute atomic E-state index is 0.159. The smallest absolute Gasteiger partial charge is 0.265 e. The van der Waals surface area contributed by atoms with E-state index in [1.54, 1.807) is 0 Å². The monoisotopic (exact) mass is 680 g/mol. The molecular formula is C40H46N2O4P2+2. The highest BCUT2D eigenvalue weighted by Gasteiger charge is 2.51. The van der Waals surface area contributed by atoms with E-state index in [0.29, 0.717) is 33.0 Å². The Morgan fingerprint density at radius 1 is 0.458 bits per heavy atom. The Morgan fingerprint density at radius 2 is 0.771 bits per heavy atom. The number of carbonyl (C=O) groups is 4. The highest BCUT2D eigenvalue weighted by atomic mass is 31.2. The Bertz CT molecular complexity index is 1770. The quantitative estimate of drug-likeness (QED) is 0.113. The van der Waals surface area contributed by atoms with E-state index in [2.05, 4.69) is 41.5 Å². The van der Waals surface area contributed by atoms with Crippen LogP contribution >= 0.6 is 14.5 Å². The van der Waals surface area contributed by atoms with E-state index in [1.165, 1.54) is 9.80 Å². The maximum Gasteiger partial charge on any atom is 0.265 e. The highest BCUT2D eigenvalue weighted by Crippen LogP contribution is 2.61. The molecule has 0 radical (unpaired) electrons. The van der Waals surface area contributed by atoms with Gasteiger partial charge in [-0.25, -0.2) is 0 Å². The fraction of sp³-hybridized carbons (Fsp3) is 0.350. The number of hydrogen-bond acceptors (Lipinski definition) is 4. The van der Waals surface area contributed by atoms with Crippen LogP contribution < -0.4 is 10.6 Å². The normalized spacial score (nSPS) is 14.8. The van der Waals surface area contributed by atoms with Gasteiger partial charge < -0.3 is 0 Å². The Morgan fingerprint density at radius 3 is 1.06 bits per heavy atom. The molecule has 0 saturated carbocycles. The van der Waals surface area contributed by atoms with Gasteiger partial charge in [-0.2, -0.15) is 0 Å². The summed E-state index contributed by atoms with van der Waals surface area (Å²) >= 11 is 0. The van der Waals surface area contributed by atoms with Gasteiger partial charge in [0.1, 0.15) is 10.6 Å². The molecule has 0 fully saturated rings. The van der Waals surface area contributed by atoms with E-state index in [9.17, 15) is 19.2 Å². The van der Waals surface area contributed by atoms with Gasteiger partial charge in [-0.15, -0.1) is 0 Å². The lowest BCUT2D eigenvalue weighted by molar-refractivity contribution is 0.0578. The molecule has 6 rings (SSSR count). The van der Waals surface area contributed by atoms with Gasteiger partial charge in [0, 0.05) is 25.3 Å². The molecule has 2 heterocycles. The van der Waals surface area contributed by atoms with Crippen LogP contribution in [0.1, 0.15) is 94.1 Å². The Hall–Kier alpha value is -3.72. The van der Waals surface area contributed by atoms with E-state index in [1.807, 2.05) is 72.8 Å². The van der Waals surface area contributed by atoms with Crippen molar-refractivity contribution in [1.29, 1.82) is 0 Å². The molecule has 248 valence electrons. The fourth-order valence-corrected chi connectivity index (χ4v) is 15.0. The summed E-state index contributed by atoms with van der Waals surface area (Å²) in [6.45, 7) is 13.4. The van der Waals surface area contributed by atoms with Crippen molar-refractivity contribution >= 4 is 59.5 Å². The van der Waals surface area contributed by atoms with Crippen molar-refractivity contribution in [3.8, 4) is 0 Å². The minimum Gasteiger partial charge on any atom is -0.270 e. The number of carbonyl (C=O) groups excluding carboxylic acids is 4. The zero-order valence-electron chi connectivity index (χ0n) is 29.0. The number of nitrogens with zero attached hydrogens (tertiary/aromatic N) is 2. The molecular weight excluding hydrogens is 634 g/mol. The Balaban J connectivity index is 1.75. The standard InChI is InChI=1S/C40H46N2O4P2/c1-7-47(8-2,9-3)31-23-29-34-33-30(38(44)41(39(45)35(31)33)25-27-19-15-13-16-20-27)24-32(48(10-4,11-5)12-6)36(34)40(46)42(37(29)43)26-28-21-17-14-18-22-28/h13-24H,7-12,25-26H2,1-6H3/q+2. The van der Waals surface area contributed by atoms with Crippen LogP contribution in [0, 0.1) is 0 Å². The Labute approximate surface area is 285 Å². The van der Waals surface area contributed by atoms with E-state index >= 15 is 0 Å². The van der Waals surface area contributed by atoms with Crippen LogP contribution in [0.2, 0.25) is 0 Å². The molecule has 0 aromatic heterocycles. The van der Waals surface area contributed by atoms with Crippen LogP contribution in [-0.4, -0.2) is 70.4 Å². The van der Waals surface area contributed by atoms with E-state index < -0.39 is 14.5 Å². The van der Waals surface area contributed by atoms with Crippen molar-refractivity contribution in [2.45, 2.75) is 54.6 Å². The zero-order valence-corrected chi connectivity index (χ0v) is 30.8. The molecule has 4 aromatic rings. The van der Waals surface area contributed by atoms with Crippen molar-refractivity contribution in [3.05, 3.63) is 106 Å². The first-order valence-corrected chi connectivity index (χ1v) is 22.1. The van der Waals surface area contributed by atoms with Crippen molar-refractivity contribution in [2.24, 2.45) is 0 Å². The third-order valence-electron chi connectivity index (χ3n) is 11.3. The van der Waals surface area contributed by atoms with Gasteiger partial charge in [-0.1, -0.05) is 60.7 Å². The van der Waals surface area contributed by atoms with Gasteiger partial charge in [-0.05, 0) is 64.8 Å². The number of hydrogen-bond donors (Lipinski definition) is 0.